The van der Waals surface area contributed by atoms with E-state index in [9.17, 15) is 28.8 Å². The van der Waals surface area contributed by atoms with Gasteiger partial charge in [-0.2, -0.15) is 0 Å². The monoisotopic (exact) mass is 1520 g/mol. The van der Waals surface area contributed by atoms with Crippen molar-refractivity contribution in [3.05, 3.63) is 307 Å². The van der Waals surface area contributed by atoms with Crippen molar-refractivity contribution in [3.63, 3.8) is 0 Å². The topological polar surface area (TPSA) is 217 Å². The van der Waals surface area contributed by atoms with Gasteiger partial charge in [-0.25, -0.2) is 14.4 Å². The highest BCUT2D eigenvalue weighted by molar-refractivity contribution is 6.44. The summed E-state index contributed by atoms with van der Waals surface area (Å²) in [6.45, 7) is 12.8. The number of piperidine rings is 1. The summed E-state index contributed by atoms with van der Waals surface area (Å²) in [7, 11) is 0. The predicted molar refractivity (Wildman–Crippen MR) is 411 cm³/mol. The van der Waals surface area contributed by atoms with Crippen molar-refractivity contribution >= 4 is 126 Å². The summed E-state index contributed by atoms with van der Waals surface area (Å²) in [4.78, 5) is 93.1. The maximum atomic E-state index is 13.7. The molecule has 15 rings (SSSR count). The molecule has 0 saturated carbocycles. The molecule has 2 saturated heterocycles. The number of pyridine rings is 3. The highest BCUT2D eigenvalue weighted by Crippen LogP contribution is 2.39. The average Bonchev–Trinajstić information content (AvgIpc) is 1.61. The molecule has 8 heterocycles. The fourth-order valence-electron chi connectivity index (χ4n) is 12.6. The summed E-state index contributed by atoms with van der Waals surface area (Å²) >= 11 is 36.9. The Bertz CT molecular complexity index is 5720. The number of benzene rings is 7. The number of imidazole rings is 3. The minimum absolute atomic E-state index is 0.122. The normalized spacial score (nSPS) is 14.0. The summed E-state index contributed by atoms with van der Waals surface area (Å²) in [5.41, 5.74) is 6.63. The molecule has 1 N–H and O–H groups in total. The summed E-state index contributed by atoms with van der Waals surface area (Å²) in [6.07, 6.45) is 16.0. The van der Waals surface area contributed by atoms with Gasteiger partial charge in [0, 0.05) is 50.5 Å². The SMILES string of the molecule is C=CC(=O)N1CCC[C@@H](n2c(=O)n(-c3ccc(Oc4cccc(Cl)c4Cl)cc3)c3cnccc32)C1.C=CC(=O)N1CC[C@@H](n2c(=O)n(-c3ccc(Oc4cccc(Cl)c4Cl)cc3)c3cnccc32)C1.C=CC(=O)Nc1cccc(-n2c(=O)n(-c3ccc(Oc4cccc(Cl)c4Cl)cc3)c3cnccc32)c1. The molecule has 2 atom stereocenters. The number of hydrogen-bond donors (Lipinski definition) is 1. The first-order valence-corrected chi connectivity index (χ1v) is 34.9. The van der Waals surface area contributed by atoms with Crippen LogP contribution in [0.5, 0.6) is 34.5 Å². The number of nitrogens with one attached hydrogen (secondary N) is 1. The van der Waals surface area contributed by atoms with Crippen molar-refractivity contribution in [3.8, 4) is 57.2 Å². The molecule has 2 aliphatic heterocycles. The molecule has 528 valence electrons. The fraction of sp³-hybridized carbons (Fsp3) is 0.115. The Balaban J connectivity index is 0.000000140. The second-order valence-corrected chi connectivity index (χ2v) is 26.3. The highest BCUT2D eigenvalue weighted by Gasteiger charge is 2.31. The van der Waals surface area contributed by atoms with E-state index in [1.54, 1.807) is 232 Å². The lowest BCUT2D eigenvalue weighted by atomic mass is 10.1. The zero-order valence-corrected chi connectivity index (χ0v) is 60.0. The van der Waals surface area contributed by atoms with E-state index >= 15 is 0 Å². The van der Waals surface area contributed by atoms with E-state index in [1.807, 2.05) is 12.1 Å². The summed E-state index contributed by atoms with van der Waals surface area (Å²) < 4.78 is 27.5. The van der Waals surface area contributed by atoms with Gasteiger partial charge in [-0.3, -0.25) is 56.7 Å². The highest BCUT2D eigenvalue weighted by atomic mass is 35.5. The van der Waals surface area contributed by atoms with E-state index < -0.39 is 0 Å². The van der Waals surface area contributed by atoms with Crippen molar-refractivity contribution in [2.24, 2.45) is 0 Å². The molecular weight excluding hydrogens is 1460 g/mol. The van der Waals surface area contributed by atoms with Crippen molar-refractivity contribution < 1.29 is 28.6 Å². The maximum Gasteiger partial charge on any atom is 0.338 e. The van der Waals surface area contributed by atoms with Crippen LogP contribution in [0.15, 0.2) is 259 Å². The molecule has 2 aliphatic rings. The summed E-state index contributed by atoms with van der Waals surface area (Å²) in [6, 6.07) is 49.0. The van der Waals surface area contributed by atoms with Crippen LogP contribution in [0.25, 0.3) is 55.8 Å². The third-order valence-electron chi connectivity index (χ3n) is 17.5. The van der Waals surface area contributed by atoms with Crippen molar-refractivity contribution in [1.29, 1.82) is 0 Å². The number of nitrogens with zero attached hydrogens (tertiary/aromatic N) is 11. The molecule has 0 spiro atoms. The van der Waals surface area contributed by atoms with Crippen LogP contribution in [0, 0.1) is 0 Å². The van der Waals surface area contributed by atoms with Gasteiger partial charge in [0.25, 0.3) is 0 Å². The number of fused-ring (bicyclic) bond motifs is 3. The van der Waals surface area contributed by atoms with Gasteiger partial charge in [0.1, 0.15) is 49.6 Å². The number of likely N-dealkylation sites (tertiary alicyclic amines) is 2. The molecule has 0 aliphatic carbocycles. The Morgan fingerprint density at radius 1 is 0.419 bits per heavy atom. The minimum atomic E-state index is -0.340. The molecule has 3 amide bonds. The van der Waals surface area contributed by atoms with Crippen molar-refractivity contribution in [2.45, 2.75) is 31.3 Å². The number of halogens is 6. The van der Waals surface area contributed by atoms with Gasteiger partial charge in [-0.15, -0.1) is 0 Å². The zero-order valence-electron chi connectivity index (χ0n) is 55.4. The second kappa shape index (κ2) is 31.7. The van der Waals surface area contributed by atoms with Crippen LogP contribution < -0.4 is 36.6 Å². The molecule has 21 nitrogen and oxygen atoms in total. The number of anilines is 1. The number of carbonyl (C=O) groups excluding carboxylic acids is 3. The van der Waals surface area contributed by atoms with Crippen LogP contribution in [-0.4, -0.2) is 96.1 Å². The van der Waals surface area contributed by atoms with Crippen molar-refractivity contribution in [2.75, 3.05) is 31.5 Å². The smallest absolute Gasteiger partial charge is 0.338 e. The van der Waals surface area contributed by atoms with E-state index in [1.165, 1.54) is 18.2 Å². The number of amides is 3. The lowest BCUT2D eigenvalue weighted by molar-refractivity contribution is -0.127. The molecule has 13 aromatic rings. The number of hydrogen-bond acceptors (Lipinski definition) is 12. The fourth-order valence-corrected chi connectivity index (χ4v) is 13.6. The molecule has 0 bridgehead atoms. The first-order valence-electron chi connectivity index (χ1n) is 32.7. The van der Waals surface area contributed by atoms with Crippen LogP contribution in [0.3, 0.4) is 0 Å². The standard InChI is InChI=1S/C27H18Cl2N4O3.C26H22Cl2N4O3.C25H20Cl2N4O3/c1-2-25(34)31-17-5-3-6-19(15-17)33-22-13-14-30-16-23(22)32(27(33)35)18-9-11-20(12-10-18)36-24-8-4-7-21(28)26(24)29;1-2-24(33)30-14-4-5-18(16-30)32-21-12-13-29-15-22(21)31(26(32)34)17-8-10-19(11-9-17)35-23-7-3-6-20(27)25(23)28;1-2-23(32)29-13-11-17(15-29)31-20-10-12-28-14-21(20)30(25(31)33)16-6-8-18(9-7-16)34-22-5-3-4-19(26)24(22)27/h2-16H,1H2,(H,31,34);2-3,6-13,15,18H,1,4-5,14,16H2;2-10,12,14,17H,1,11,13,15H2/t;18-;17-/m.11/s1. The van der Waals surface area contributed by atoms with Gasteiger partial charge in [-0.1, -0.05) is 114 Å². The Hall–Kier alpha value is -11.4. The Morgan fingerprint density at radius 3 is 1.23 bits per heavy atom. The van der Waals surface area contributed by atoms with Gasteiger partial charge in [0.05, 0.1) is 102 Å². The van der Waals surface area contributed by atoms with E-state index in [0.717, 1.165) is 23.9 Å². The van der Waals surface area contributed by atoms with E-state index in [0.29, 0.717) is 148 Å². The van der Waals surface area contributed by atoms with Gasteiger partial charge in [-0.05, 0) is 183 Å². The Kier molecular flexibility index (Phi) is 21.7. The van der Waals surface area contributed by atoms with Crippen LogP contribution in [-0.2, 0) is 14.4 Å². The molecule has 0 unspecified atom stereocenters. The average molecular weight is 1520 g/mol. The quantitative estimate of drug-likeness (QED) is 0.0894. The zero-order chi connectivity index (χ0) is 73.6. The number of ether oxygens (including phenoxy) is 3. The third-order valence-corrected chi connectivity index (χ3v) is 19.9. The molecule has 105 heavy (non-hydrogen) atoms. The lowest BCUT2D eigenvalue weighted by Gasteiger charge is -2.32. The Morgan fingerprint density at radius 2 is 0.800 bits per heavy atom. The number of aromatic nitrogens is 9. The number of carbonyl (C=O) groups is 3. The van der Waals surface area contributed by atoms with E-state index in [4.69, 9.17) is 83.8 Å². The predicted octanol–water partition coefficient (Wildman–Crippen LogP) is 17.3. The largest absolute Gasteiger partial charge is 0.456 e. The number of rotatable bonds is 16. The third kappa shape index (κ3) is 15.1. The van der Waals surface area contributed by atoms with Crippen molar-refractivity contribution in [1.82, 2.24) is 52.2 Å². The van der Waals surface area contributed by atoms with E-state index in [2.05, 4.69) is 40.0 Å². The molecule has 2 fully saturated rings. The van der Waals surface area contributed by atoms with Crippen LogP contribution >= 0.6 is 69.6 Å². The molecule has 7 aromatic carbocycles. The maximum absolute atomic E-state index is 13.7. The molecule has 6 aromatic heterocycles. The molecular formula is C78H60Cl6N12O9. The van der Waals surface area contributed by atoms with Gasteiger partial charge < -0.3 is 29.3 Å². The second-order valence-electron chi connectivity index (χ2n) is 23.9. The van der Waals surface area contributed by atoms with Gasteiger partial charge in [0.2, 0.25) is 17.7 Å². The lowest BCUT2D eigenvalue weighted by Crippen LogP contribution is -2.42. The van der Waals surface area contributed by atoms with E-state index in [-0.39, 0.29) is 46.9 Å². The molecule has 0 radical (unpaired) electrons. The Labute approximate surface area is 629 Å². The van der Waals surface area contributed by atoms with Gasteiger partial charge >= 0.3 is 17.1 Å². The summed E-state index contributed by atoms with van der Waals surface area (Å²) in [5, 5.41) is 4.91. The first kappa shape index (κ1) is 71.9. The minimum Gasteiger partial charge on any atom is -0.456 e. The van der Waals surface area contributed by atoms with Crippen LogP contribution in [0.1, 0.15) is 31.3 Å². The summed E-state index contributed by atoms with van der Waals surface area (Å²) in [5.74, 6) is 2.37. The van der Waals surface area contributed by atoms with Gasteiger partial charge in [0.15, 0.2) is 0 Å². The molecule has 27 heteroatoms. The van der Waals surface area contributed by atoms with Crippen LogP contribution in [0.2, 0.25) is 30.1 Å². The van der Waals surface area contributed by atoms with Crippen LogP contribution in [0.4, 0.5) is 5.69 Å². The first-order chi connectivity index (χ1) is 50.9.